The zero-order chi connectivity index (χ0) is 13.2. The molecule has 6 heteroatoms. The van der Waals surface area contributed by atoms with E-state index in [0.717, 1.165) is 0 Å². The van der Waals surface area contributed by atoms with Crippen molar-refractivity contribution >= 4 is 11.9 Å². The highest BCUT2D eigenvalue weighted by Gasteiger charge is 2.27. The third kappa shape index (κ3) is 2.80. The summed E-state index contributed by atoms with van der Waals surface area (Å²) in [5.41, 5.74) is 5.31. The Morgan fingerprint density at radius 3 is 2.35 bits per heavy atom. The normalized spacial score (nSPS) is 14.1. The van der Waals surface area contributed by atoms with Crippen molar-refractivity contribution < 1.29 is 24.9 Å². The van der Waals surface area contributed by atoms with E-state index in [-0.39, 0.29) is 11.1 Å². The second kappa shape index (κ2) is 4.94. The van der Waals surface area contributed by atoms with E-state index in [1.165, 1.54) is 12.1 Å². The lowest BCUT2D eigenvalue weighted by Gasteiger charge is -2.17. The highest BCUT2D eigenvalue weighted by Crippen LogP contribution is 2.22. The number of aromatic carboxylic acids is 1. The van der Waals surface area contributed by atoms with Crippen LogP contribution in [-0.2, 0) is 4.79 Å². The molecule has 0 saturated carbocycles. The van der Waals surface area contributed by atoms with Crippen molar-refractivity contribution in [2.24, 2.45) is 5.73 Å². The van der Waals surface area contributed by atoms with Gasteiger partial charge in [0.1, 0.15) is 6.10 Å². The zero-order valence-electron chi connectivity index (χ0n) is 9.12. The van der Waals surface area contributed by atoms with Gasteiger partial charge in [-0.2, -0.15) is 0 Å². The maximum Gasteiger partial charge on any atom is 0.336 e. The first-order chi connectivity index (χ1) is 7.84. The number of carbonyl (C=O) groups excluding carboxylic acids is 1. The van der Waals surface area contributed by atoms with E-state index in [2.05, 4.69) is 0 Å². The number of rotatable bonds is 4. The lowest BCUT2D eigenvalue weighted by Crippen LogP contribution is -2.34. The summed E-state index contributed by atoms with van der Waals surface area (Å²) in [7, 11) is 0. The lowest BCUT2D eigenvalue weighted by atomic mass is 9.96. The summed E-state index contributed by atoms with van der Waals surface area (Å²) < 4.78 is 0. The fourth-order valence-electron chi connectivity index (χ4n) is 1.44. The first kappa shape index (κ1) is 13.1. The Bertz CT molecular complexity index is 457. The Hall–Kier alpha value is -1.92. The van der Waals surface area contributed by atoms with E-state index in [0.29, 0.717) is 5.56 Å². The van der Waals surface area contributed by atoms with Crippen LogP contribution in [0.1, 0.15) is 27.6 Å². The largest absolute Gasteiger partial charge is 0.478 e. The molecule has 2 unspecified atom stereocenters. The number of carboxylic acids is 1. The number of benzene rings is 1. The maximum atomic E-state index is 11.0. The summed E-state index contributed by atoms with van der Waals surface area (Å²) in [5.74, 6) is -2.37. The Balaban J connectivity index is 3.21. The molecule has 1 aromatic carbocycles. The molecule has 0 aliphatic heterocycles. The number of aryl methyl sites for hydroxylation is 1. The molecule has 0 heterocycles. The summed E-state index contributed by atoms with van der Waals surface area (Å²) in [4.78, 5) is 21.7. The number of nitrogens with two attached hydrogens (primary N) is 1. The van der Waals surface area contributed by atoms with Crippen molar-refractivity contribution in [1.82, 2.24) is 0 Å². The molecule has 0 spiro atoms. The van der Waals surface area contributed by atoms with Gasteiger partial charge in [-0.3, -0.25) is 4.79 Å². The molecule has 0 fully saturated rings. The number of aliphatic hydroxyl groups is 2. The lowest BCUT2D eigenvalue weighted by molar-refractivity contribution is -0.132. The quantitative estimate of drug-likeness (QED) is 0.568. The van der Waals surface area contributed by atoms with Gasteiger partial charge in [-0.1, -0.05) is 17.7 Å². The predicted octanol–water partition coefficient (Wildman–Crippen LogP) is -0.427. The SMILES string of the molecule is Cc1ccc(C(O)C(O)C(N)=O)c(C(=O)O)c1. The van der Waals surface area contributed by atoms with Crippen LogP contribution in [0.2, 0.25) is 0 Å². The smallest absolute Gasteiger partial charge is 0.336 e. The van der Waals surface area contributed by atoms with Crippen molar-refractivity contribution in [2.45, 2.75) is 19.1 Å². The molecule has 1 amide bonds. The number of carbonyl (C=O) groups is 2. The van der Waals surface area contributed by atoms with E-state index in [1.807, 2.05) is 0 Å². The highest BCUT2D eigenvalue weighted by molar-refractivity contribution is 5.90. The van der Waals surface area contributed by atoms with Gasteiger partial charge in [0.05, 0.1) is 5.56 Å². The standard InChI is InChI=1S/C11H13NO5/c1-5-2-3-6(7(4-5)11(16)17)8(13)9(14)10(12)15/h2-4,8-9,13-14H,1H3,(H2,12,15)(H,16,17). The molecule has 0 radical (unpaired) electrons. The molecule has 0 bridgehead atoms. The predicted molar refractivity (Wildman–Crippen MR) is 58.3 cm³/mol. The Kier molecular flexibility index (Phi) is 3.82. The van der Waals surface area contributed by atoms with Gasteiger partial charge in [0.15, 0.2) is 6.10 Å². The number of amides is 1. The van der Waals surface area contributed by atoms with Gasteiger partial charge >= 0.3 is 5.97 Å². The molecule has 0 saturated heterocycles. The summed E-state index contributed by atoms with van der Waals surface area (Å²) in [6, 6.07) is 4.25. The van der Waals surface area contributed by atoms with Crippen LogP contribution < -0.4 is 5.73 Å². The molecule has 92 valence electrons. The monoisotopic (exact) mass is 239 g/mol. The molecule has 1 aromatic rings. The molecular formula is C11H13NO5. The molecule has 17 heavy (non-hydrogen) atoms. The third-order valence-corrected chi connectivity index (χ3v) is 2.35. The van der Waals surface area contributed by atoms with Gasteiger partial charge in [-0.25, -0.2) is 4.79 Å². The van der Waals surface area contributed by atoms with Crippen molar-refractivity contribution in [3.05, 3.63) is 34.9 Å². The molecule has 1 rings (SSSR count). The van der Waals surface area contributed by atoms with Crippen LogP contribution in [0.3, 0.4) is 0 Å². The fraction of sp³-hybridized carbons (Fsp3) is 0.273. The summed E-state index contributed by atoms with van der Waals surface area (Å²) >= 11 is 0. The zero-order valence-corrected chi connectivity index (χ0v) is 9.12. The van der Waals surface area contributed by atoms with Gasteiger partial charge in [-0.15, -0.1) is 0 Å². The molecule has 0 aliphatic carbocycles. The fourth-order valence-corrected chi connectivity index (χ4v) is 1.44. The average molecular weight is 239 g/mol. The molecule has 0 aromatic heterocycles. The van der Waals surface area contributed by atoms with E-state index in [9.17, 15) is 19.8 Å². The van der Waals surface area contributed by atoms with Gasteiger partial charge in [-0.05, 0) is 18.6 Å². The average Bonchev–Trinajstić information content (AvgIpc) is 2.26. The third-order valence-electron chi connectivity index (χ3n) is 2.35. The Morgan fingerprint density at radius 1 is 1.29 bits per heavy atom. The Labute approximate surface area is 97.3 Å². The number of carboxylic acid groups (broad SMARTS) is 1. The van der Waals surface area contributed by atoms with E-state index < -0.39 is 24.1 Å². The Morgan fingerprint density at radius 2 is 1.88 bits per heavy atom. The molecule has 6 nitrogen and oxygen atoms in total. The van der Waals surface area contributed by atoms with Gasteiger partial charge in [0.25, 0.3) is 0 Å². The molecule has 5 N–H and O–H groups in total. The summed E-state index contributed by atoms with van der Waals surface area (Å²) in [6.45, 7) is 1.69. The number of aliphatic hydroxyl groups excluding tert-OH is 2. The second-order valence-corrected chi connectivity index (χ2v) is 3.69. The number of hydrogen-bond acceptors (Lipinski definition) is 4. The van der Waals surface area contributed by atoms with Crippen molar-refractivity contribution in [1.29, 1.82) is 0 Å². The topological polar surface area (TPSA) is 121 Å². The summed E-state index contributed by atoms with van der Waals surface area (Å²) in [5, 5.41) is 27.9. The molecule has 0 aliphatic rings. The van der Waals surface area contributed by atoms with Gasteiger partial charge in [0, 0.05) is 0 Å². The minimum absolute atomic E-state index is 0.0469. The highest BCUT2D eigenvalue weighted by atomic mass is 16.4. The number of primary amides is 1. The summed E-state index contributed by atoms with van der Waals surface area (Å²) in [6.07, 6.45) is -3.49. The maximum absolute atomic E-state index is 11.0. The minimum atomic E-state index is -1.84. The van der Waals surface area contributed by atoms with Gasteiger partial charge < -0.3 is 21.1 Å². The number of hydrogen-bond donors (Lipinski definition) is 4. The van der Waals surface area contributed by atoms with Crippen molar-refractivity contribution in [2.75, 3.05) is 0 Å². The first-order valence-electron chi connectivity index (χ1n) is 4.84. The van der Waals surface area contributed by atoms with Crippen molar-refractivity contribution in [3.63, 3.8) is 0 Å². The van der Waals surface area contributed by atoms with Crippen LogP contribution in [0.4, 0.5) is 0 Å². The van der Waals surface area contributed by atoms with E-state index in [4.69, 9.17) is 10.8 Å². The van der Waals surface area contributed by atoms with Crippen LogP contribution >= 0.6 is 0 Å². The molecule has 2 atom stereocenters. The van der Waals surface area contributed by atoms with Crippen LogP contribution in [0, 0.1) is 6.92 Å². The van der Waals surface area contributed by atoms with Crippen LogP contribution in [-0.4, -0.2) is 33.3 Å². The van der Waals surface area contributed by atoms with Crippen LogP contribution in [0.5, 0.6) is 0 Å². The second-order valence-electron chi connectivity index (χ2n) is 3.69. The van der Waals surface area contributed by atoms with Gasteiger partial charge in [0.2, 0.25) is 5.91 Å². The van der Waals surface area contributed by atoms with Crippen LogP contribution in [0.15, 0.2) is 18.2 Å². The van der Waals surface area contributed by atoms with E-state index >= 15 is 0 Å². The molecular weight excluding hydrogens is 226 g/mol. The minimum Gasteiger partial charge on any atom is -0.478 e. The first-order valence-corrected chi connectivity index (χ1v) is 4.84. The van der Waals surface area contributed by atoms with E-state index in [1.54, 1.807) is 13.0 Å². The van der Waals surface area contributed by atoms with Crippen molar-refractivity contribution in [3.8, 4) is 0 Å². The van der Waals surface area contributed by atoms with Crippen LogP contribution in [0.25, 0.3) is 0 Å².